The number of hydrogen-bond acceptors (Lipinski definition) is 10. The molecule has 5 aliphatic carbocycles. The van der Waals surface area contributed by atoms with Gasteiger partial charge >= 0.3 is 11.9 Å². The van der Waals surface area contributed by atoms with Gasteiger partial charge in [0, 0.05) is 6.92 Å². The van der Waals surface area contributed by atoms with Gasteiger partial charge in [0.05, 0.1) is 23.2 Å². The molecule has 6 fully saturated rings. The van der Waals surface area contributed by atoms with Crippen molar-refractivity contribution in [1.29, 1.82) is 0 Å². The molecule has 0 radical (unpaired) electrons. The highest BCUT2D eigenvalue weighted by molar-refractivity contribution is 5.78. The first kappa shape index (κ1) is 37.4. The van der Waals surface area contributed by atoms with E-state index in [4.69, 9.17) is 14.2 Å². The minimum absolute atomic E-state index is 0.0262. The Kier molecular flexibility index (Phi) is 9.45. The monoisotopic (exact) mass is 694 g/mol. The summed E-state index contributed by atoms with van der Waals surface area (Å²) in [6.45, 7) is 13.1. The average molecular weight is 695 g/mol. The van der Waals surface area contributed by atoms with Crippen LogP contribution in [0.4, 0.5) is 0 Å². The van der Waals surface area contributed by atoms with Gasteiger partial charge in [-0.05, 0) is 130 Å². The number of aliphatic hydroxyl groups excluding tert-OH is 4. The summed E-state index contributed by atoms with van der Waals surface area (Å²) in [6, 6.07) is 0. The van der Waals surface area contributed by atoms with Crippen LogP contribution < -0.4 is 0 Å². The third-order valence-electron chi connectivity index (χ3n) is 15.7. The number of carbonyl (C=O) groups excluding carboxylic acids is 1. The fraction of sp³-hybridized carbons (Fsp3) is 0.947. The van der Waals surface area contributed by atoms with Gasteiger partial charge in [0.2, 0.25) is 0 Å². The standard InChI is InChI=1S/C38H62O11/c1-20(8-11-26(40)34(5,6)46)22-12-15-38(32(44)45)25-10-9-24-33(3,4)27(13-14-36(24)19-37(25,36)17-16-35(22,38)7)49-31-30(43)29(42)28(41)23(48-31)18-47-21(2)39/h20,22-31,40-43,46H,8-19H2,1-7H3,(H,44,45)/t20-,22-,23-,24+,25-,26-,27-,28-,29+,30-,31+,35-,36-,37?,38+/m1/s1. The summed E-state index contributed by atoms with van der Waals surface area (Å²) in [6.07, 6.45) is 1.28. The lowest BCUT2D eigenvalue weighted by atomic mass is 9.41. The first-order valence-corrected chi connectivity index (χ1v) is 18.8. The number of ether oxygens (including phenoxy) is 3. The van der Waals surface area contributed by atoms with Gasteiger partial charge < -0.3 is 44.8 Å². The Balaban J connectivity index is 1.20. The molecule has 1 saturated heterocycles. The summed E-state index contributed by atoms with van der Waals surface area (Å²) >= 11 is 0. The first-order chi connectivity index (χ1) is 22.7. The van der Waals surface area contributed by atoms with Crippen molar-refractivity contribution in [2.45, 2.75) is 168 Å². The number of carboxylic acid groups (broad SMARTS) is 1. The quantitative estimate of drug-likeness (QED) is 0.145. The molecule has 0 bridgehead atoms. The average Bonchev–Trinajstić information content (AvgIpc) is 3.57. The topological polar surface area (TPSA) is 183 Å². The Bertz CT molecular complexity index is 1280. The summed E-state index contributed by atoms with van der Waals surface area (Å²) in [5.41, 5.74) is -2.63. The van der Waals surface area contributed by atoms with Crippen LogP contribution >= 0.6 is 0 Å². The van der Waals surface area contributed by atoms with Crippen LogP contribution in [-0.4, -0.2) is 97.7 Å². The van der Waals surface area contributed by atoms with E-state index in [-0.39, 0.29) is 58.0 Å². The van der Waals surface area contributed by atoms with Gasteiger partial charge in [-0.2, -0.15) is 0 Å². The molecule has 49 heavy (non-hydrogen) atoms. The maximum atomic E-state index is 13.7. The van der Waals surface area contributed by atoms with Crippen molar-refractivity contribution in [3.8, 4) is 0 Å². The van der Waals surface area contributed by atoms with Gasteiger partial charge in [-0.3, -0.25) is 9.59 Å². The smallest absolute Gasteiger partial charge is 0.310 e. The maximum absolute atomic E-state index is 13.7. The van der Waals surface area contributed by atoms with E-state index < -0.39 is 59.8 Å². The van der Waals surface area contributed by atoms with Crippen LogP contribution in [0.5, 0.6) is 0 Å². The molecular formula is C38H62O11. The van der Waals surface area contributed by atoms with E-state index >= 15 is 0 Å². The number of fused-ring (bicyclic) bond motifs is 2. The lowest BCUT2D eigenvalue weighted by Gasteiger charge is -2.63. The minimum atomic E-state index is -1.52. The van der Waals surface area contributed by atoms with Crippen LogP contribution in [0.3, 0.4) is 0 Å². The highest BCUT2D eigenvalue weighted by Gasteiger charge is 2.84. The summed E-state index contributed by atoms with van der Waals surface area (Å²) in [5, 5.41) is 64.0. The minimum Gasteiger partial charge on any atom is -0.481 e. The molecule has 0 aromatic carbocycles. The molecular weight excluding hydrogens is 632 g/mol. The van der Waals surface area contributed by atoms with Crippen LogP contribution in [0.2, 0.25) is 0 Å². The van der Waals surface area contributed by atoms with Gasteiger partial charge in [-0.25, -0.2) is 0 Å². The number of carbonyl (C=O) groups is 2. The molecule has 6 rings (SSSR count). The third-order valence-corrected chi connectivity index (χ3v) is 15.7. The fourth-order valence-electron chi connectivity index (χ4n) is 13.1. The van der Waals surface area contributed by atoms with Crippen LogP contribution in [0.1, 0.15) is 119 Å². The molecule has 280 valence electrons. The molecule has 0 amide bonds. The van der Waals surface area contributed by atoms with Gasteiger partial charge in [0.25, 0.3) is 0 Å². The number of hydrogen-bond donors (Lipinski definition) is 6. The zero-order chi connectivity index (χ0) is 36.1. The van der Waals surface area contributed by atoms with Gasteiger partial charge in [-0.1, -0.05) is 27.7 Å². The molecule has 0 aromatic heterocycles. The molecule has 0 aromatic rings. The van der Waals surface area contributed by atoms with Crippen LogP contribution in [-0.2, 0) is 23.8 Å². The third kappa shape index (κ3) is 5.45. The Morgan fingerprint density at radius 1 is 0.898 bits per heavy atom. The van der Waals surface area contributed by atoms with Crippen molar-refractivity contribution in [2.75, 3.05) is 6.61 Å². The van der Waals surface area contributed by atoms with Gasteiger partial charge in [0.15, 0.2) is 6.29 Å². The zero-order valence-corrected chi connectivity index (χ0v) is 30.6. The van der Waals surface area contributed by atoms with Crippen LogP contribution in [0, 0.1) is 50.7 Å². The molecule has 5 saturated carbocycles. The maximum Gasteiger partial charge on any atom is 0.310 e. The Morgan fingerprint density at radius 3 is 2.18 bits per heavy atom. The van der Waals surface area contributed by atoms with Crippen molar-refractivity contribution in [2.24, 2.45) is 50.7 Å². The van der Waals surface area contributed by atoms with Crippen molar-refractivity contribution >= 4 is 11.9 Å². The molecule has 1 aliphatic heterocycles. The Labute approximate surface area is 291 Å². The van der Waals surface area contributed by atoms with E-state index in [9.17, 15) is 40.2 Å². The van der Waals surface area contributed by atoms with E-state index in [2.05, 4.69) is 27.7 Å². The molecule has 1 unspecified atom stereocenters. The largest absolute Gasteiger partial charge is 0.481 e. The molecule has 6 N–H and O–H groups in total. The van der Waals surface area contributed by atoms with Gasteiger partial charge in [-0.15, -0.1) is 0 Å². The van der Waals surface area contributed by atoms with E-state index in [0.29, 0.717) is 19.3 Å². The van der Waals surface area contributed by atoms with Crippen molar-refractivity contribution in [3.63, 3.8) is 0 Å². The second kappa shape index (κ2) is 12.4. The number of aliphatic carboxylic acids is 1. The molecule has 6 aliphatic rings. The number of carboxylic acids is 1. The van der Waals surface area contributed by atoms with E-state index in [1.54, 1.807) is 13.8 Å². The Hall–Kier alpha value is -1.34. The summed E-state index contributed by atoms with van der Waals surface area (Å²) in [7, 11) is 0. The van der Waals surface area contributed by atoms with E-state index in [1.165, 1.54) is 6.92 Å². The number of aliphatic hydroxyl groups is 5. The fourth-order valence-corrected chi connectivity index (χ4v) is 13.1. The highest BCUT2D eigenvalue weighted by Crippen LogP contribution is 2.89. The van der Waals surface area contributed by atoms with Crippen molar-refractivity contribution in [1.82, 2.24) is 0 Å². The van der Waals surface area contributed by atoms with Gasteiger partial charge in [0.1, 0.15) is 31.0 Å². The van der Waals surface area contributed by atoms with Crippen LogP contribution in [0.25, 0.3) is 0 Å². The second-order valence-corrected chi connectivity index (χ2v) is 18.5. The van der Waals surface area contributed by atoms with Crippen molar-refractivity contribution in [3.05, 3.63) is 0 Å². The molecule has 11 heteroatoms. The molecule has 11 nitrogen and oxygen atoms in total. The van der Waals surface area contributed by atoms with Crippen LogP contribution in [0.15, 0.2) is 0 Å². The second-order valence-electron chi connectivity index (χ2n) is 18.5. The molecule has 2 spiro atoms. The first-order valence-electron chi connectivity index (χ1n) is 18.8. The normalized spacial score (nSPS) is 48.3. The lowest BCUT2D eigenvalue weighted by Crippen LogP contribution is -2.63. The van der Waals surface area contributed by atoms with E-state index in [1.807, 2.05) is 0 Å². The molecule has 15 atom stereocenters. The van der Waals surface area contributed by atoms with Crippen molar-refractivity contribution < 1.29 is 54.4 Å². The lowest BCUT2D eigenvalue weighted by molar-refractivity contribution is -0.326. The summed E-state index contributed by atoms with van der Waals surface area (Å²) in [4.78, 5) is 25.1. The Morgan fingerprint density at radius 2 is 1.55 bits per heavy atom. The number of rotatable bonds is 10. The van der Waals surface area contributed by atoms with E-state index in [0.717, 1.165) is 51.4 Å². The predicted molar refractivity (Wildman–Crippen MR) is 178 cm³/mol. The SMILES string of the molecule is CC(=O)OC[C@H]1O[C@@H](O[C@@H]2CC[C@]34CC35CC[C@]3(C)[C@@H]([C@H](C)CC[C@@H](O)C(C)(C)O)CC[C@@]3(C(=O)O)[C@@H]5CC[C@H]4C2(C)C)[C@H](O)[C@@H](O)[C@@H]1O. The highest BCUT2D eigenvalue weighted by atomic mass is 16.7. The summed E-state index contributed by atoms with van der Waals surface area (Å²) < 4.78 is 17.4. The molecule has 1 heterocycles. The zero-order valence-electron chi connectivity index (χ0n) is 30.6. The number of esters is 1. The predicted octanol–water partition coefficient (Wildman–Crippen LogP) is 3.79. The summed E-state index contributed by atoms with van der Waals surface area (Å²) in [5.74, 6) is -0.323.